The fourth-order valence-electron chi connectivity index (χ4n) is 1.95. The second-order valence-electron chi connectivity index (χ2n) is 4.46. The Kier molecular flexibility index (Phi) is 4.94. The lowest BCUT2D eigenvalue weighted by Gasteiger charge is -2.08. The molecule has 0 fully saturated rings. The predicted octanol–water partition coefficient (Wildman–Crippen LogP) is 4.65. The van der Waals surface area contributed by atoms with Gasteiger partial charge in [-0.2, -0.15) is 0 Å². The first-order chi connectivity index (χ1) is 9.22. The lowest BCUT2D eigenvalue weighted by atomic mass is 10.0. The van der Waals surface area contributed by atoms with Crippen LogP contribution < -0.4 is 5.32 Å². The molecule has 1 nitrogen and oxygen atoms in total. The topological polar surface area (TPSA) is 12.0 Å². The molecule has 0 bridgehead atoms. The average Bonchev–Trinajstić information content (AvgIpc) is 2.41. The molecule has 0 aromatic heterocycles. The molecule has 0 radical (unpaired) electrons. The van der Waals surface area contributed by atoms with Crippen LogP contribution in [0.2, 0.25) is 5.02 Å². The van der Waals surface area contributed by atoms with Gasteiger partial charge in [-0.05, 0) is 30.7 Å². The first-order valence-electron chi connectivity index (χ1n) is 6.46. The van der Waals surface area contributed by atoms with Gasteiger partial charge in [-0.15, -0.1) is 0 Å². The highest BCUT2D eigenvalue weighted by atomic mass is 35.5. The lowest BCUT2D eigenvalue weighted by Crippen LogP contribution is -2.14. The molecule has 0 amide bonds. The summed E-state index contributed by atoms with van der Waals surface area (Å²) < 4.78 is 14.0. The number of hydrogen-bond acceptors (Lipinski definition) is 1. The Bertz CT molecular complexity index is 554. The molecule has 100 valence electrons. The third-order valence-electron chi connectivity index (χ3n) is 2.98. The summed E-state index contributed by atoms with van der Waals surface area (Å²) in [5.74, 6) is -0.193. The fourth-order valence-corrected chi connectivity index (χ4v) is 2.20. The number of benzene rings is 2. The van der Waals surface area contributed by atoms with E-state index in [9.17, 15) is 4.39 Å². The maximum absolute atomic E-state index is 14.0. The van der Waals surface area contributed by atoms with E-state index in [1.165, 1.54) is 0 Å². The van der Waals surface area contributed by atoms with E-state index < -0.39 is 0 Å². The average molecular weight is 278 g/mol. The van der Waals surface area contributed by atoms with Gasteiger partial charge in [0, 0.05) is 22.7 Å². The van der Waals surface area contributed by atoms with Gasteiger partial charge in [0.25, 0.3) is 0 Å². The van der Waals surface area contributed by atoms with E-state index in [4.69, 9.17) is 11.6 Å². The van der Waals surface area contributed by atoms with Gasteiger partial charge in [0.05, 0.1) is 0 Å². The Balaban J connectivity index is 2.21. The van der Waals surface area contributed by atoms with E-state index in [-0.39, 0.29) is 5.82 Å². The number of halogens is 2. The van der Waals surface area contributed by atoms with Gasteiger partial charge in [-0.3, -0.25) is 0 Å². The van der Waals surface area contributed by atoms with Crippen LogP contribution in [0.4, 0.5) is 4.39 Å². The molecule has 0 aliphatic heterocycles. The standard InChI is InChI=1S/C16H17ClFN/c1-2-9-19-11-13-8-7-12(10-16(13)18)14-5-3-4-6-15(14)17/h3-8,10,19H,2,9,11H2,1H3. The Morgan fingerprint density at radius 3 is 2.63 bits per heavy atom. The first-order valence-corrected chi connectivity index (χ1v) is 6.84. The van der Waals surface area contributed by atoms with Gasteiger partial charge in [0.1, 0.15) is 5.82 Å². The third-order valence-corrected chi connectivity index (χ3v) is 3.31. The molecule has 1 N–H and O–H groups in total. The molecule has 0 atom stereocenters. The minimum Gasteiger partial charge on any atom is -0.313 e. The van der Waals surface area contributed by atoms with Crippen molar-refractivity contribution in [2.75, 3.05) is 6.54 Å². The Labute approximate surface area is 118 Å². The molecule has 0 unspecified atom stereocenters. The second kappa shape index (κ2) is 6.69. The Hall–Kier alpha value is -1.38. The summed E-state index contributed by atoms with van der Waals surface area (Å²) in [6.07, 6.45) is 1.04. The quantitative estimate of drug-likeness (QED) is 0.785. The van der Waals surface area contributed by atoms with Gasteiger partial charge in [-0.1, -0.05) is 48.9 Å². The van der Waals surface area contributed by atoms with Crippen LogP contribution in [-0.2, 0) is 6.54 Å². The maximum atomic E-state index is 14.0. The molecule has 2 rings (SSSR count). The van der Waals surface area contributed by atoms with Crippen LogP contribution >= 0.6 is 11.6 Å². The molecule has 19 heavy (non-hydrogen) atoms. The number of rotatable bonds is 5. The van der Waals surface area contributed by atoms with Crippen molar-refractivity contribution in [2.24, 2.45) is 0 Å². The zero-order valence-corrected chi connectivity index (χ0v) is 11.7. The van der Waals surface area contributed by atoms with Gasteiger partial charge >= 0.3 is 0 Å². The summed E-state index contributed by atoms with van der Waals surface area (Å²) in [4.78, 5) is 0. The molecule has 2 aromatic rings. The summed E-state index contributed by atoms with van der Waals surface area (Å²) in [6, 6.07) is 12.7. The summed E-state index contributed by atoms with van der Waals surface area (Å²) in [5.41, 5.74) is 2.35. The molecule has 0 aliphatic carbocycles. The first kappa shape index (κ1) is 14.0. The highest BCUT2D eigenvalue weighted by Gasteiger charge is 2.07. The summed E-state index contributed by atoms with van der Waals surface area (Å²) in [7, 11) is 0. The molecule has 0 spiro atoms. The van der Waals surface area contributed by atoms with Crippen molar-refractivity contribution in [1.82, 2.24) is 5.32 Å². The molecular weight excluding hydrogens is 261 g/mol. The van der Waals surface area contributed by atoms with Crippen LogP contribution in [0.25, 0.3) is 11.1 Å². The van der Waals surface area contributed by atoms with Gasteiger partial charge in [-0.25, -0.2) is 4.39 Å². The zero-order chi connectivity index (χ0) is 13.7. The van der Waals surface area contributed by atoms with Crippen molar-refractivity contribution >= 4 is 11.6 Å². The van der Waals surface area contributed by atoms with Gasteiger partial charge in [0.15, 0.2) is 0 Å². The molecule has 3 heteroatoms. The smallest absolute Gasteiger partial charge is 0.128 e. The van der Waals surface area contributed by atoms with E-state index in [1.807, 2.05) is 36.4 Å². The molecule has 0 aliphatic rings. The van der Waals surface area contributed by atoms with E-state index in [0.29, 0.717) is 17.1 Å². The van der Waals surface area contributed by atoms with E-state index in [2.05, 4.69) is 12.2 Å². The Morgan fingerprint density at radius 2 is 1.95 bits per heavy atom. The van der Waals surface area contributed by atoms with E-state index in [1.54, 1.807) is 6.07 Å². The van der Waals surface area contributed by atoms with Crippen molar-refractivity contribution in [2.45, 2.75) is 19.9 Å². The van der Waals surface area contributed by atoms with Crippen LogP contribution in [0.5, 0.6) is 0 Å². The normalized spacial score (nSPS) is 10.7. The van der Waals surface area contributed by atoms with Crippen molar-refractivity contribution in [3.05, 3.63) is 58.9 Å². The fraction of sp³-hybridized carbons (Fsp3) is 0.250. The molecule has 0 heterocycles. The highest BCUT2D eigenvalue weighted by Crippen LogP contribution is 2.28. The SMILES string of the molecule is CCCNCc1ccc(-c2ccccc2Cl)cc1F. The van der Waals surface area contributed by atoms with Crippen LogP contribution in [0.1, 0.15) is 18.9 Å². The molecular formula is C16H17ClFN. The maximum Gasteiger partial charge on any atom is 0.128 e. The second-order valence-corrected chi connectivity index (χ2v) is 4.87. The molecule has 0 saturated heterocycles. The monoisotopic (exact) mass is 277 g/mol. The van der Waals surface area contributed by atoms with E-state index in [0.717, 1.165) is 24.1 Å². The largest absolute Gasteiger partial charge is 0.313 e. The lowest BCUT2D eigenvalue weighted by molar-refractivity contribution is 0.587. The summed E-state index contributed by atoms with van der Waals surface area (Å²) in [6.45, 7) is 3.54. The highest BCUT2D eigenvalue weighted by molar-refractivity contribution is 6.33. The van der Waals surface area contributed by atoms with Crippen LogP contribution in [0, 0.1) is 5.82 Å². The summed E-state index contributed by atoms with van der Waals surface area (Å²) >= 11 is 6.12. The van der Waals surface area contributed by atoms with Crippen molar-refractivity contribution in [1.29, 1.82) is 0 Å². The Morgan fingerprint density at radius 1 is 1.16 bits per heavy atom. The predicted molar refractivity (Wildman–Crippen MR) is 78.8 cm³/mol. The minimum absolute atomic E-state index is 0.193. The van der Waals surface area contributed by atoms with Crippen molar-refractivity contribution in [3.8, 4) is 11.1 Å². The number of nitrogens with one attached hydrogen (secondary N) is 1. The van der Waals surface area contributed by atoms with Crippen LogP contribution in [-0.4, -0.2) is 6.54 Å². The number of hydrogen-bond donors (Lipinski definition) is 1. The summed E-state index contributed by atoms with van der Waals surface area (Å²) in [5, 5.41) is 3.83. The minimum atomic E-state index is -0.193. The van der Waals surface area contributed by atoms with Crippen LogP contribution in [0.15, 0.2) is 42.5 Å². The van der Waals surface area contributed by atoms with Crippen molar-refractivity contribution < 1.29 is 4.39 Å². The molecule has 0 saturated carbocycles. The molecule has 2 aromatic carbocycles. The van der Waals surface area contributed by atoms with E-state index >= 15 is 0 Å². The van der Waals surface area contributed by atoms with Crippen LogP contribution in [0.3, 0.4) is 0 Å². The third kappa shape index (κ3) is 3.55. The van der Waals surface area contributed by atoms with Gasteiger partial charge in [0.2, 0.25) is 0 Å². The van der Waals surface area contributed by atoms with Crippen molar-refractivity contribution in [3.63, 3.8) is 0 Å². The zero-order valence-electron chi connectivity index (χ0n) is 10.9. The van der Waals surface area contributed by atoms with Gasteiger partial charge < -0.3 is 5.32 Å².